The van der Waals surface area contributed by atoms with Crippen LogP contribution in [-0.2, 0) is 16.0 Å². The second kappa shape index (κ2) is 6.23. The zero-order valence-corrected chi connectivity index (χ0v) is 11.7. The van der Waals surface area contributed by atoms with Crippen LogP contribution in [0.3, 0.4) is 0 Å². The predicted molar refractivity (Wildman–Crippen MR) is 76.9 cm³/mol. The summed E-state index contributed by atoms with van der Waals surface area (Å²) in [5.41, 5.74) is 3.03. The highest BCUT2D eigenvalue weighted by Crippen LogP contribution is 2.27. The van der Waals surface area contributed by atoms with E-state index >= 15 is 0 Å². The Morgan fingerprint density at radius 2 is 2.25 bits per heavy atom. The number of nitrogens with zero attached hydrogens (tertiary/aromatic N) is 1. The molecule has 1 N–H and O–H groups in total. The van der Waals surface area contributed by atoms with Crippen LogP contribution in [0.25, 0.3) is 0 Å². The summed E-state index contributed by atoms with van der Waals surface area (Å²) in [7, 11) is 3.36. The van der Waals surface area contributed by atoms with Crippen molar-refractivity contribution < 1.29 is 14.3 Å². The van der Waals surface area contributed by atoms with Crippen LogP contribution in [0.5, 0.6) is 0 Å². The minimum Gasteiger partial charge on any atom is -0.466 e. The van der Waals surface area contributed by atoms with E-state index in [4.69, 9.17) is 0 Å². The molecule has 0 radical (unpaired) electrons. The van der Waals surface area contributed by atoms with Crippen molar-refractivity contribution in [3.05, 3.63) is 41.5 Å². The van der Waals surface area contributed by atoms with E-state index < -0.39 is 5.97 Å². The summed E-state index contributed by atoms with van der Waals surface area (Å²) < 4.78 is 4.46. The van der Waals surface area contributed by atoms with Crippen LogP contribution in [0.4, 0.5) is 5.69 Å². The van der Waals surface area contributed by atoms with Crippen molar-refractivity contribution in [2.45, 2.75) is 6.42 Å². The molecule has 5 heteroatoms. The first-order valence-electron chi connectivity index (χ1n) is 6.48. The van der Waals surface area contributed by atoms with Gasteiger partial charge in [-0.25, -0.2) is 4.79 Å². The van der Waals surface area contributed by atoms with E-state index in [1.807, 2.05) is 25.2 Å². The van der Waals surface area contributed by atoms with E-state index in [-0.39, 0.29) is 5.91 Å². The number of esters is 1. The van der Waals surface area contributed by atoms with Gasteiger partial charge in [0.2, 0.25) is 0 Å². The van der Waals surface area contributed by atoms with E-state index in [9.17, 15) is 9.59 Å². The van der Waals surface area contributed by atoms with Gasteiger partial charge >= 0.3 is 5.97 Å². The van der Waals surface area contributed by atoms with Crippen molar-refractivity contribution in [1.29, 1.82) is 0 Å². The van der Waals surface area contributed by atoms with Crippen LogP contribution < -0.4 is 10.2 Å². The molecule has 1 aliphatic heterocycles. The first-order valence-corrected chi connectivity index (χ1v) is 6.48. The molecular weight excluding hydrogens is 256 g/mol. The number of carbonyl (C=O) groups is 2. The lowest BCUT2D eigenvalue weighted by Crippen LogP contribution is -2.23. The standard InChI is InChI=1S/C15H18N2O3/c1-17-9-7-11-10-12(5-6-13(11)17)15(19)16-8-3-4-14(18)20-2/h3-6,10H,7-9H2,1-2H3,(H,16,19)/b4-3+. The van der Waals surface area contributed by atoms with Crippen molar-refractivity contribution in [3.63, 3.8) is 0 Å². The van der Waals surface area contributed by atoms with Gasteiger partial charge in [-0.1, -0.05) is 6.08 Å². The van der Waals surface area contributed by atoms with Gasteiger partial charge in [0.1, 0.15) is 0 Å². The highest BCUT2D eigenvalue weighted by Gasteiger charge is 2.17. The molecule has 1 aromatic carbocycles. The second-order valence-electron chi connectivity index (χ2n) is 4.65. The summed E-state index contributed by atoms with van der Waals surface area (Å²) in [6.45, 7) is 1.28. The number of anilines is 1. The van der Waals surface area contributed by atoms with Crippen LogP contribution in [0.2, 0.25) is 0 Å². The van der Waals surface area contributed by atoms with Gasteiger partial charge in [-0.05, 0) is 30.2 Å². The summed E-state index contributed by atoms with van der Waals surface area (Å²) in [4.78, 5) is 25.0. The number of carbonyl (C=O) groups excluding carboxylic acids is 2. The lowest BCUT2D eigenvalue weighted by atomic mass is 10.1. The third-order valence-electron chi connectivity index (χ3n) is 3.31. The van der Waals surface area contributed by atoms with E-state index in [2.05, 4.69) is 15.0 Å². The number of benzene rings is 1. The van der Waals surface area contributed by atoms with Gasteiger partial charge in [-0.15, -0.1) is 0 Å². The number of hydrogen-bond acceptors (Lipinski definition) is 4. The SMILES string of the molecule is COC(=O)/C=C/CNC(=O)c1ccc2c(c1)CCN2C. The van der Waals surface area contributed by atoms with Gasteiger partial charge in [0.25, 0.3) is 5.91 Å². The van der Waals surface area contributed by atoms with Gasteiger partial charge in [0, 0.05) is 37.5 Å². The molecule has 0 saturated carbocycles. The molecule has 5 nitrogen and oxygen atoms in total. The summed E-state index contributed by atoms with van der Waals surface area (Å²) in [5, 5.41) is 2.73. The lowest BCUT2D eigenvalue weighted by molar-refractivity contribution is -0.134. The van der Waals surface area contributed by atoms with Gasteiger partial charge in [0.05, 0.1) is 7.11 Å². The number of amides is 1. The average Bonchev–Trinajstić information content (AvgIpc) is 2.84. The second-order valence-corrected chi connectivity index (χ2v) is 4.65. The van der Waals surface area contributed by atoms with Crippen molar-refractivity contribution in [2.24, 2.45) is 0 Å². The van der Waals surface area contributed by atoms with Crippen molar-refractivity contribution in [1.82, 2.24) is 5.32 Å². The maximum atomic E-state index is 12.0. The quantitative estimate of drug-likeness (QED) is 0.660. The highest BCUT2D eigenvalue weighted by atomic mass is 16.5. The van der Waals surface area contributed by atoms with Crippen LogP contribution in [0.1, 0.15) is 15.9 Å². The summed E-state index contributed by atoms with van der Waals surface area (Å²) in [6, 6.07) is 5.72. The molecule has 20 heavy (non-hydrogen) atoms. The highest BCUT2D eigenvalue weighted by molar-refractivity contribution is 5.95. The van der Waals surface area contributed by atoms with Crippen molar-refractivity contribution >= 4 is 17.6 Å². The lowest BCUT2D eigenvalue weighted by Gasteiger charge is -2.12. The van der Waals surface area contributed by atoms with Gasteiger partial charge < -0.3 is 15.0 Å². The van der Waals surface area contributed by atoms with Crippen LogP contribution in [0, 0.1) is 0 Å². The Kier molecular flexibility index (Phi) is 4.40. The third-order valence-corrected chi connectivity index (χ3v) is 3.31. The molecule has 0 atom stereocenters. The fraction of sp³-hybridized carbons (Fsp3) is 0.333. The Bertz CT molecular complexity index is 552. The molecular formula is C15H18N2O3. The molecule has 1 aliphatic rings. The first-order chi connectivity index (χ1) is 9.61. The molecule has 0 bridgehead atoms. The maximum Gasteiger partial charge on any atom is 0.330 e. The number of rotatable bonds is 4. The molecule has 0 aromatic heterocycles. The predicted octanol–water partition coefficient (Wildman–Crippen LogP) is 1.14. The number of methoxy groups -OCH3 is 1. The average molecular weight is 274 g/mol. The minimum absolute atomic E-state index is 0.142. The maximum absolute atomic E-state index is 12.0. The molecule has 0 unspecified atom stereocenters. The van der Waals surface area contributed by atoms with E-state index in [1.54, 1.807) is 6.08 Å². The van der Waals surface area contributed by atoms with Crippen LogP contribution in [0.15, 0.2) is 30.4 Å². The van der Waals surface area contributed by atoms with Gasteiger partial charge in [-0.3, -0.25) is 4.79 Å². The molecule has 0 aliphatic carbocycles. The summed E-state index contributed by atoms with van der Waals surface area (Å²) in [6.07, 6.45) is 3.82. The molecule has 1 heterocycles. The summed E-state index contributed by atoms with van der Waals surface area (Å²) >= 11 is 0. The Morgan fingerprint density at radius 1 is 1.45 bits per heavy atom. The Hall–Kier alpha value is -2.30. The fourth-order valence-electron chi connectivity index (χ4n) is 2.18. The van der Waals surface area contributed by atoms with Crippen LogP contribution >= 0.6 is 0 Å². The number of likely N-dealkylation sites (N-methyl/N-ethyl adjacent to an activating group) is 1. The molecule has 0 saturated heterocycles. The van der Waals surface area contributed by atoms with E-state index in [0.717, 1.165) is 13.0 Å². The molecule has 1 amide bonds. The Balaban J connectivity index is 1.94. The van der Waals surface area contributed by atoms with Crippen molar-refractivity contribution in [3.8, 4) is 0 Å². The van der Waals surface area contributed by atoms with E-state index in [0.29, 0.717) is 12.1 Å². The van der Waals surface area contributed by atoms with Crippen LogP contribution in [-0.4, -0.2) is 39.1 Å². The summed E-state index contributed by atoms with van der Waals surface area (Å²) in [5.74, 6) is -0.573. The molecule has 1 aromatic rings. The Labute approximate surface area is 118 Å². The largest absolute Gasteiger partial charge is 0.466 e. The monoisotopic (exact) mass is 274 g/mol. The first kappa shape index (κ1) is 14.1. The zero-order chi connectivity index (χ0) is 14.5. The smallest absolute Gasteiger partial charge is 0.330 e. The third kappa shape index (κ3) is 3.17. The molecule has 106 valence electrons. The number of hydrogen-bond donors (Lipinski definition) is 1. The normalized spacial score (nSPS) is 13.4. The van der Waals surface area contributed by atoms with Gasteiger partial charge in [0.15, 0.2) is 0 Å². The minimum atomic E-state index is -0.431. The molecule has 0 spiro atoms. The Morgan fingerprint density at radius 3 is 3.00 bits per heavy atom. The number of fused-ring (bicyclic) bond motifs is 1. The fourth-order valence-corrected chi connectivity index (χ4v) is 2.18. The number of nitrogens with one attached hydrogen (secondary N) is 1. The topological polar surface area (TPSA) is 58.6 Å². The molecule has 0 fully saturated rings. The number of ether oxygens (including phenoxy) is 1. The van der Waals surface area contributed by atoms with E-state index in [1.165, 1.54) is 24.4 Å². The van der Waals surface area contributed by atoms with Gasteiger partial charge in [-0.2, -0.15) is 0 Å². The molecule has 2 rings (SSSR count). The van der Waals surface area contributed by atoms with Crippen molar-refractivity contribution in [2.75, 3.05) is 32.1 Å². The zero-order valence-electron chi connectivity index (χ0n) is 11.7.